The fraction of sp³-hybridized carbons (Fsp3) is 0.250. The summed E-state index contributed by atoms with van der Waals surface area (Å²) in [6, 6.07) is 5.47. The summed E-state index contributed by atoms with van der Waals surface area (Å²) < 4.78 is 2.27. The Labute approximate surface area is 119 Å². The van der Waals surface area contributed by atoms with E-state index >= 15 is 0 Å². The number of nitrogen functional groups attached to an aromatic ring is 2. The molecular formula is C12H14BrClN4. The minimum atomic E-state index is 0.206. The van der Waals surface area contributed by atoms with Gasteiger partial charge in [-0.15, -0.1) is 0 Å². The van der Waals surface area contributed by atoms with Crippen LogP contribution in [-0.2, 0) is 0 Å². The highest BCUT2D eigenvalue weighted by Crippen LogP contribution is 2.34. The van der Waals surface area contributed by atoms with E-state index in [4.69, 9.17) is 23.2 Å². The Morgan fingerprint density at radius 1 is 1.39 bits per heavy atom. The van der Waals surface area contributed by atoms with Gasteiger partial charge in [0.2, 0.25) is 0 Å². The smallest absolute Gasteiger partial charge is 0.150 e. The number of anilines is 1. The lowest BCUT2D eigenvalue weighted by atomic mass is 10.1. The van der Waals surface area contributed by atoms with Gasteiger partial charge in [0.15, 0.2) is 5.82 Å². The van der Waals surface area contributed by atoms with Gasteiger partial charge >= 0.3 is 0 Å². The van der Waals surface area contributed by atoms with Crippen LogP contribution in [0.25, 0.3) is 11.3 Å². The van der Waals surface area contributed by atoms with Gasteiger partial charge in [0, 0.05) is 21.0 Å². The lowest BCUT2D eigenvalue weighted by Crippen LogP contribution is -2.16. The molecule has 2 rings (SSSR count). The van der Waals surface area contributed by atoms with Gasteiger partial charge in [-0.05, 0) is 12.1 Å². The van der Waals surface area contributed by atoms with Crippen LogP contribution in [0, 0.1) is 0 Å². The van der Waals surface area contributed by atoms with Crippen LogP contribution in [0.5, 0.6) is 0 Å². The normalized spacial score (nSPS) is 11.2. The molecule has 0 radical (unpaired) electrons. The molecule has 18 heavy (non-hydrogen) atoms. The van der Waals surface area contributed by atoms with Crippen molar-refractivity contribution in [3.63, 3.8) is 0 Å². The zero-order chi connectivity index (χ0) is 13.4. The SMILES string of the molecule is CC(C)c1nc(-c2ccc(Cl)cc2Br)c(N)n1N. The maximum atomic E-state index is 6.00. The molecular weight excluding hydrogens is 316 g/mol. The van der Waals surface area contributed by atoms with Crippen molar-refractivity contribution >= 4 is 33.3 Å². The Hall–Kier alpha value is -1.20. The molecule has 1 heterocycles. The fourth-order valence-electron chi connectivity index (χ4n) is 1.75. The Kier molecular flexibility index (Phi) is 3.54. The molecule has 0 saturated carbocycles. The molecule has 4 N–H and O–H groups in total. The summed E-state index contributed by atoms with van der Waals surface area (Å²) in [5.74, 6) is 7.32. The van der Waals surface area contributed by atoms with E-state index in [2.05, 4.69) is 20.9 Å². The van der Waals surface area contributed by atoms with Crippen LogP contribution in [0.15, 0.2) is 22.7 Å². The van der Waals surface area contributed by atoms with E-state index in [1.807, 2.05) is 19.9 Å². The fourth-order valence-corrected chi connectivity index (χ4v) is 2.62. The van der Waals surface area contributed by atoms with Gasteiger partial charge in [-0.3, -0.25) is 0 Å². The first-order valence-electron chi connectivity index (χ1n) is 5.50. The first-order chi connectivity index (χ1) is 8.41. The van der Waals surface area contributed by atoms with Gasteiger partial charge in [-0.2, -0.15) is 0 Å². The van der Waals surface area contributed by atoms with Crippen LogP contribution < -0.4 is 11.6 Å². The summed E-state index contributed by atoms with van der Waals surface area (Å²) in [4.78, 5) is 4.51. The number of benzene rings is 1. The Morgan fingerprint density at radius 2 is 2.06 bits per heavy atom. The van der Waals surface area contributed by atoms with Crippen molar-refractivity contribution in [1.29, 1.82) is 0 Å². The minimum Gasteiger partial charge on any atom is -0.382 e. The highest BCUT2D eigenvalue weighted by atomic mass is 79.9. The van der Waals surface area contributed by atoms with Crippen LogP contribution in [0.1, 0.15) is 25.6 Å². The number of halogens is 2. The van der Waals surface area contributed by atoms with E-state index < -0.39 is 0 Å². The second kappa shape index (κ2) is 4.82. The molecule has 96 valence electrons. The van der Waals surface area contributed by atoms with Crippen LogP contribution in [-0.4, -0.2) is 9.66 Å². The number of hydrogen-bond donors (Lipinski definition) is 2. The Balaban J connectivity index is 2.61. The molecule has 0 saturated heterocycles. The maximum Gasteiger partial charge on any atom is 0.150 e. The lowest BCUT2D eigenvalue weighted by Gasteiger charge is -2.04. The maximum absolute atomic E-state index is 6.00. The summed E-state index contributed by atoms with van der Waals surface area (Å²) in [7, 11) is 0. The van der Waals surface area contributed by atoms with Crippen molar-refractivity contribution in [3.05, 3.63) is 33.5 Å². The Morgan fingerprint density at radius 3 is 2.56 bits per heavy atom. The molecule has 0 atom stereocenters. The monoisotopic (exact) mass is 328 g/mol. The first-order valence-corrected chi connectivity index (χ1v) is 6.67. The van der Waals surface area contributed by atoms with Crippen molar-refractivity contribution < 1.29 is 0 Å². The van der Waals surface area contributed by atoms with Gasteiger partial charge < -0.3 is 11.6 Å². The van der Waals surface area contributed by atoms with Crippen molar-refractivity contribution in [2.24, 2.45) is 0 Å². The van der Waals surface area contributed by atoms with Crippen molar-refractivity contribution in [2.45, 2.75) is 19.8 Å². The minimum absolute atomic E-state index is 0.206. The average Bonchev–Trinajstić information content (AvgIpc) is 2.57. The van der Waals surface area contributed by atoms with Gasteiger partial charge in [0.25, 0.3) is 0 Å². The number of nitrogens with two attached hydrogens (primary N) is 2. The summed E-state index contributed by atoms with van der Waals surface area (Å²) in [5.41, 5.74) is 7.55. The van der Waals surface area contributed by atoms with Crippen LogP contribution in [0.3, 0.4) is 0 Å². The van der Waals surface area contributed by atoms with Crippen molar-refractivity contribution in [3.8, 4) is 11.3 Å². The second-order valence-electron chi connectivity index (χ2n) is 4.35. The van der Waals surface area contributed by atoms with E-state index in [1.165, 1.54) is 4.68 Å². The lowest BCUT2D eigenvalue weighted by molar-refractivity contribution is 0.739. The van der Waals surface area contributed by atoms with Gasteiger partial charge in [0.1, 0.15) is 11.5 Å². The first kappa shape index (κ1) is 13.2. The second-order valence-corrected chi connectivity index (χ2v) is 5.64. The van der Waals surface area contributed by atoms with Crippen LogP contribution in [0.2, 0.25) is 5.02 Å². The van der Waals surface area contributed by atoms with Crippen molar-refractivity contribution in [2.75, 3.05) is 11.6 Å². The topological polar surface area (TPSA) is 69.9 Å². The van der Waals surface area contributed by atoms with E-state index in [0.29, 0.717) is 16.5 Å². The molecule has 1 aromatic heterocycles. The molecule has 0 aliphatic heterocycles. The molecule has 0 bridgehead atoms. The van der Waals surface area contributed by atoms with Crippen LogP contribution >= 0.6 is 27.5 Å². The summed E-state index contributed by atoms with van der Waals surface area (Å²) in [6.45, 7) is 4.04. The molecule has 1 aromatic carbocycles. The highest BCUT2D eigenvalue weighted by Gasteiger charge is 2.18. The third kappa shape index (κ3) is 2.20. The van der Waals surface area contributed by atoms with Crippen molar-refractivity contribution in [1.82, 2.24) is 9.66 Å². The molecule has 2 aromatic rings. The van der Waals surface area contributed by atoms with Gasteiger partial charge in [-0.1, -0.05) is 47.4 Å². The quantitative estimate of drug-likeness (QED) is 0.830. The third-order valence-corrected chi connectivity index (χ3v) is 3.57. The largest absolute Gasteiger partial charge is 0.382 e. The van der Waals surface area contributed by atoms with Crippen LogP contribution in [0.4, 0.5) is 5.82 Å². The molecule has 0 unspecified atom stereocenters. The van der Waals surface area contributed by atoms with E-state index in [1.54, 1.807) is 12.1 Å². The van der Waals surface area contributed by atoms with Gasteiger partial charge in [0.05, 0.1) is 0 Å². The number of rotatable bonds is 2. The zero-order valence-electron chi connectivity index (χ0n) is 10.1. The predicted molar refractivity (Wildman–Crippen MR) is 79.0 cm³/mol. The molecule has 0 aliphatic rings. The number of imidazole rings is 1. The average molecular weight is 330 g/mol. The zero-order valence-corrected chi connectivity index (χ0v) is 12.5. The molecule has 4 nitrogen and oxygen atoms in total. The standard InChI is InChI=1S/C12H14BrClN4/c1-6(2)12-17-10(11(15)18(12)16)8-4-3-7(14)5-9(8)13/h3-6H,15-16H2,1-2H3. The number of hydrogen-bond acceptors (Lipinski definition) is 3. The molecule has 0 fully saturated rings. The number of nitrogens with zero attached hydrogens (tertiary/aromatic N) is 2. The van der Waals surface area contributed by atoms with E-state index in [-0.39, 0.29) is 5.92 Å². The molecule has 0 spiro atoms. The molecule has 0 aliphatic carbocycles. The highest BCUT2D eigenvalue weighted by molar-refractivity contribution is 9.10. The van der Waals surface area contributed by atoms with E-state index in [0.717, 1.165) is 15.9 Å². The number of aromatic nitrogens is 2. The predicted octanol–water partition coefficient (Wildman–Crippen LogP) is 3.39. The Bertz CT molecular complexity index is 592. The molecule has 0 amide bonds. The van der Waals surface area contributed by atoms with Gasteiger partial charge in [-0.25, -0.2) is 9.66 Å². The third-order valence-electron chi connectivity index (χ3n) is 2.68. The summed E-state index contributed by atoms with van der Waals surface area (Å²) >= 11 is 9.38. The van der Waals surface area contributed by atoms with E-state index in [9.17, 15) is 0 Å². The molecule has 6 heteroatoms. The summed E-state index contributed by atoms with van der Waals surface area (Å²) in [5, 5.41) is 0.653. The summed E-state index contributed by atoms with van der Waals surface area (Å²) in [6.07, 6.45) is 0.